The Hall–Kier alpha value is -1.13. The molecule has 0 radical (unpaired) electrons. The maximum Gasteiger partial charge on any atom is 0.332 e. The number of thiophene rings is 1. The van der Waals surface area contributed by atoms with Crippen LogP contribution in [0.1, 0.15) is 5.56 Å². The number of carboxylic acids is 1. The average Bonchev–Trinajstić information content (AvgIpc) is 2.56. The lowest BCUT2D eigenvalue weighted by molar-refractivity contribution is -0.132. The number of carboxylic acid groups (broad SMARTS) is 1. The van der Waals surface area contributed by atoms with Gasteiger partial charge in [0.15, 0.2) is 0 Å². The summed E-state index contributed by atoms with van der Waals surface area (Å²) >= 11 is 1.63. The van der Waals surface area contributed by atoms with Gasteiger partial charge in [-0.25, -0.2) is 4.79 Å². The molecule has 0 spiro atoms. The van der Waals surface area contributed by atoms with E-state index < -0.39 is 5.97 Å². The molecule has 0 bridgehead atoms. The maximum atomic E-state index is 10.4. The van der Waals surface area contributed by atoms with Crippen molar-refractivity contribution < 1.29 is 9.90 Å². The molecule has 0 atom stereocenters. The first-order valence-electron chi connectivity index (χ1n) is 3.83. The van der Waals surface area contributed by atoms with E-state index in [1.165, 1.54) is 5.56 Å². The summed E-state index contributed by atoms with van der Waals surface area (Å²) in [5.41, 5.74) is 1.36. The molecule has 2 N–H and O–H groups in total. The van der Waals surface area contributed by atoms with Gasteiger partial charge in [0.1, 0.15) is 0 Å². The zero-order valence-corrected chi connectivity index (χ0v) is 7.93. The van der Waals surface area contributed by atoms with Crippen molar-refractivity contribution in [2.45, 2.75) is 6.54 Å². The van der Waals surface area contributed by atoms with Crippen LogP contribution in [0.4, 0.5) is 0 Å². The first-order valence-corrected chi connectivity index (χ1v) is 4.77. The molecule has 13 heavy (non-hydrogen) atoms. The van der Waals surface area contributed by atoms with Crippen LogP contribution in [0.5, 0.6) is 0 Å². The van der Waals surface area contributed by atoms with Gasteiger partial charge in [0.25, 0.3) is 0 Å². The lowest BCUT2D eigenvalue weighted by atomic mass is 10.3. The van der Waals surface area contributed by atoms with E-state index in [1.807, 2.05) is 16.8 Å². The van der Waals surface area contributed by atoms with E-state index in [-0.39, 0.29) is 5.57 Å². The minimum Gasteiger partial charge on any atom is -0.478 e. The zero-order valence-electron chi connectivity index (χ0n) is 7.12. The summed E-state index contributed by atoms with van der Waals surface area (Å²) in [6.45, 7) is 4.43. The van der Waals surface area contributed by atoms with E-state index in [1.54, 1.807) is 11.3 Å². The van der Waals surface area contributed by atoms with Crippen LogP contribution < -0.4 is 5.32 Å². The summed E-state index contributed by atoms with van der Waals surface area (Å²) in [7, 11) is 0. The van der Waals surface area contributed by atoms with Crippen LogP contribution in [0.25, 0.3) is 0 Å². The Kier molecular flexibility index (Phi) is 3.67. The van der Waals surface area contributed by atoms with E-state index in [4.69, 9.17) is 5.11 Å². The molecule has 1 heterocycles. The van der Waals surface area contributed by atoms with Gasteiger partial charge < -0.3 is 10.4 Å². The first kappa shape index (κ1) is 9.95. The third-order valence-electron chi connectivity index (χ3n) is 1.55. The molecule has 70 valence electrons. The largest absolute Gasteiger partial charge is 0.478 e. The van der Waals surface area contributed by atoms with Crippen molar-refractivity contribution in [3.63, 3.8) is 0 Å². The second-order valence-electron chi connectivity index (χ2n) is 2.64. The van der Waals surface area contributed by atoms with Crippen LogP contribution in [0, 0.1) is 0 Å². The topological polar surface area (TPSA) is 49.3 Å². The Morgan fingerprint density at radius 1 is 1.69 bits per heavy atom. The molecular formula is C9H11NO2S. The van der Waals surface area contributed by atoms with E-state index >= 15 is 0 Å². The van der Waals surface area contributed by atoms with Gasteiger partial charge in [-0.15, -0.1) is 0 Å². The lowest BCUT2D eigenvalue weighted by Gasteiger charge is -2.01. The Morgan fingerprint density at radius 3 is 3.00 bits per heavy atom. The Labute approximate surface area is 80.7 Å². The summed E-state index contributed by atoms with van der Waals surface area (Å²) in [4.78, 5) is 10.4. The Bertz CT molecular complexity index is 293. The standard InChI is InChI=1S/C9H11NO2S/c1-7(9(11)12)4-10-5-8-2-3-13-6-8/h2-3,6,10H,1,4-5H2,(H,11,12). The van der Waals surface area contributed by atoms with Crippen molar-refractivity contribution in [2.75, 3.05) is 6.54 Å². The van der Waals surface area contributed by atoms with Crippen molar-refractivity contribution in [1.82, 2.24) is 5.32 Å². The molecule has 1 aromatic rings. The second-order valence-corrected chi connectivity index (χ2v) is 3.42. The highest BCUT2D eigenvalue weighted by Crippen LogP contribution is 2.04. The molecule has 0 aliphatic heterocycles. The van der Waals surface area contributed by atoms with Crippen molar-refractivity contribution in [3.05, 3.63) is 34.5 Å². The minimum absolute atomic E-state index is 0.190. The van der Waals surface area contributed by atoms with Crippen molar-refractivity contribution in [3.8, 4) is 0 Å². The average molecular weight is 197 g/mol. The van der Waals surface area contributed by atoms with E-state index in [0.717, 1.165) is 0 Å². The molecule has 3 nitrogen and oxygen atoms in total. The quantitative estimate of drug-likeness (QED) is 0.703. The molecule has 0 aromatic carbocycles. The van der Waals surface area contributed by atoms with Crippen LogP contribution in [0.3, 0.4) is 0 Å². The Morgan fingerprint density at radius 2 is 2.46 bits per heavy atom. The number of carbonyl (C=O) groups is 1. The van der Waals surface area contributed by atoms with Crippen molar-refractivity contribution in [1.29, 1.82) is 0 Å². The van der Waals surface area contributed by atoms with Crippen molar-refractivity contribution >= 4 is 17.3 Å². The van der Waals surface area contributed by atoms with Crippen LogP contribution in [-0.4, -0.2) is 17.6 Å². The summed E-state index contributed by atoms with van der Waals surface area (Å²) in [6, 6.07) is 2.00. The summed E-state index contributed by atoms with van der Waals surface area (Å²) in [5, 5.41) is 15.5. The smallest absolute Gasteiger partial charge is 0.332 e. The van der Waals surface area contributed by atoms with Gasteiger partial charge in [0, 0.05) is 18.7 Å². The molecule has 0 aliphatic carbocycles. The maximum absolute atomic E-state index is 10.4. The fourth-order valence-corrected chi connectivity index (χ4v) is 1.50. The molecule has 0 amide bonds. The predicted molar refractivity (Wildman–Crippen MR) is 52.8 cm³/mol. The van der Waals surface area contributed by atoms with Gasteiger partial charge in [0.2, 0.25) is 0 Å². The van der Waals surface area contributed by atoms with E-state index in [0.29, 0.717) is 13.1 Å². The third-order valence-corrected chi connectivity index (χ3v) is 2.28. The van der Waals surface area contributed by atoms with Crippen LogP contribution >= 0.6 is 11.3 Å². The number of rotatable bonds is 5. The highest BCUT2D eigenvalue weighted by Gasteiger charge is 2.02. The summed E-state index contributed by atoms with van der Waals surface area (Å²) in [6.07, 6.45) is 0. The van der Waals surface area contributed by atoms with Crippen LogP contribution in [0.15, 0.2) is 29.0 Å². The van der Waals surface area contributed by atoms with Crippen LogP contribution in [-0.2, 0) is 11.3 Å². The lowest BCUT2D eigenvalue weighted by Crippen LogP contribution is -2.19. The molecule has 0 aliphatic rings. The molecule has 0 unspecified atom stereocenters. The number of aliphatic carboxylic acids is 1. The number of nitrogens with one attached hydrogen (secondary N) is 1. The highest BCUT2D eigenvalue weighted by atomic mass is 32.1. The first-order chi connectivity index (χ1) is 6.20. The fraction of sp³-hybridized carbons (Fsp3) is 0.222. The molecule has 1 aromatic heterocycles. The van der Waals surface area contributed by atoms with E-state index in [9.17, 15) is 4.79 Å². The highest BCUT2D eigenvalue weighted by molar-refractivity contribution is 7.07. The Balaban J connectivity index is 2.22. The van der Waals surface area contributed by atoms with Crippen molar-refractivity contribution in [2.24, 2.45) is 0 Å². The number of hydrogen-bond acceptors (Lipinski definition) is 3. The normalized spacial score (nSPS) is 9.85. The molecule has 0 saturated heterocycles. The monoisotopic (exact) mass is 197 g/mol. The van der Waals surface area contributed by atoms with Gasteiger partial charge in [-0.1, -0.05) is 6.58 Å². The van der Waals surface area contributed by atoms with Gasteiger partial charge in [0.05, 0.1) is 0 Å². The molecular weight excluding hydrogens is 186 g/mol. The summed E-state index contributed by atoms with van der Waals surface area (Å²) in [5.74, 6) is -0.946. The summed E-state index contributed by atoms with van der Waals surface area (Å²) < 4.78 is 0. The SMILES string of the molecule is C=C(CNCc1ccsc1)C(=O)O. The van der Waals surface area contributed by atoms with Gasteiger partial charge >= 0.3 is 5.97 Å². The molecule has 1 rings (SSSR count). The van der Waals surface area contributed by atoms with Crippen LogP contribution in [0.2, 0.25) is 0 Å². The number of hydrogen-bond donors (Lipinski definition) is 2. The van der Waals surface area contributed by atoms with Gasteiger partial charge in [-0.05, 0) is 22.4 Å². The molecule has 0 fully saturated rings. The predicted octanol–water partition coefficient (Wildman–Crippen LogP) is 1.48. The fourth-order valence-electron chi connectivity index (χ4n) is 0.827. The zero-order chi connectivity index (χ0) is 9.68. The minimum atomic E-state index is -0.946. The van der Waals surface area contributed by atoms with E-state index in [2.05, 4.69) is 11.9 Å². The molecule has 4 heteroatoms. The third kappa shape index (κ3) is 3.40. The van der Waals surface area contributed by atoms with Gasteiger partial charge in [-0.2, -0.15) is 11.3 Å². The molecule has 0 saturated carbocycles. The van der Waals surface area contributed by atoms with Gasteiger partial charge in [-0.3, -0.25) is 0 Å². The second kappa shape index (κ2) is 4.79.